The summed E-state index contributed by atoms with van der Waals surface area (Å²) in [7, 11) is 4.06. The van der Waals surface area contributed by atoms with Gasteiger partial charge in [0.05, 0.1) is 0 Å². The topological polar surface area (TPSA) is 3.24 Å². The van der Waals surface area contributed by atoms with Gasteiger partial charge in [-0.3, -0.25) is 0 Å². The Morgan fingerprint density at radius 1 is 1.33 bits per heavy atom. The van der Waals surface area contributed by atoms with Crippen molar-refractivity contribution >= 4 is 17.3 Å². The van der Waals surface area contributed by atoms with Gasteiger partial charge in [0.25, 0.3) is 0 Å². The average molecular weight is 184 g/mol. The van der Waals surface area contributed by atoms with Gasteiger partial charge in [-0.25, -0.2) is 0 Å². The minimum absolute atomic E-state index is 0.864. The number of halogens is 1. The number of nitrogens with zero attached hydrogens (tertiary/aromatic N) is 1. The summed E-state index contributed by atoms with van der Waals surface area (Å²) in [5.74, 6) is 0. The third kappa shape index (κ3) is 1.92. The number of rotatable bonds is 2. The minimum Gasteiger partial charge on any atom is -0.378 e. The van der Waals surface area contributed by atoms with E-state index < -0.39 is 0 Å². The largest absolute Gasteiger partial charge is 0.378 e. The monoisotopic (exact) mass is 183 g/mol. The fourth-order valence-electron chi connectivity index (χ4n) is 1.11. The van der Waals surface area contributed by atoms with Crippen molar-refractivity contribution in [1.82, 2.24) is 0 Å². The molecule has 0 saturated carbocycles. The Kier molecular flexibility index (Phi) is 2.99. The molecule has 1 aromatic rings. The molecule has 1 nitrogen and oxygen atoms in total. The van der Waals surface area contributed by atoms with Crippen LogP contribution in [0.15, 0.2) is 18.2 Å². The van der Waals surface area contributed by atoms with Gasteiger partial charge in [-0.1, -0.05) is 18.5 Å². The normalized spacial score (nSPS) is 10.0. The molecule has 0 bridgehead atoms. The number of hydrogen-bond donors (Lipinski definition) is 0. The Balaban J connectivity index is 3.05. The average Bonchev–Trinajstić information content (AvgIpc) is 2.05. The Bertz CT molecular complexity index is 269. The smallest absolute Gasteiger partial charge is 0.0439 e. The molecule has 0 saturated heterocycles. The molecule has 1 rings (SSSR count). The van der Waals surface area contributed by atoms with Crippen molar-refractivity contribution in [3.8, 4) is 0 Å². The van der Waals surface area contributed by atoms with E-state index in [1.165, 1.54) is 11.3 Å². The molecular formula is C10H14ClN. The van der Waals surface area contributed by atoms with Crippen LogP contribution >= 0.6 is 11.6 Å². The molecule has 66 valence electrons. The second-order valence-corrected chi connectivity index (χ2v) is 3.43. The zero-order chi connectivity index (χ0) is 9.14. The fourth-order valence-corrected chi connectivity index (χ4v) is 1.36. The van der Waals surface area contributed by atoms with E-state index in [1.807, 2.05) is 26.2 Å². The maximum Gasteiger partial charge on any atom is 0.0439 e. The molecule has 0 heterocycles. The molecule has 0 aliphatic heterocycles. The summed E-state index contributed by atoms with van der Waals surface area (Å²) in [5.41, 5.74) is 2.42. The Labute approximate surface area is 79.0 Å². The van der Waals surface area contributed by atoms with Crippen molar-refractivity contribution in [3.05, 3.63) is 28.8 Å². The van der Waals surface area contributed by atoms with Crippen LogP contribution in [0, 0.1) is 0 Å². The molecule has 0 aliphatic carbocycles. The molecule has 0 unspecified atom stereocenters. The molecule has 0 fully saturated rings. The Hall–Kier alpha value is -0.690. The lowest BCUT2D eigenvalue weighted by Gasteiger charge is -2.13. The molecule has 12 heavy (non-hydrogen) atoms. The van der Waals surface area contributed by atoms with Crippen molar-refractivity contribution in [2.24, 2.45) is 0 Å². The van der Waals surface area contributed by atoms with Gasteiger partial charge >= 0.3 is 0 Å². The van der Waals surface area contributed by atoms with Gasteiger partial charge in [-0.05, 0) is 30.2 Å². The molecule has 1 aromatic carbocycles. The first-order valence-corrected chi connectivity index (χ1v) is 4.48. The zero-order valence-corrected chi connectivity index (χ0v) is 8.52. The summed E-state index contributed by atoms with van der Waals surface area (Å²) in [5, 5.41) is 0.864. The van der Waals surface area contributed by atoms with Crippen molar-refractivity contribution in [1.29, 1.82) is 0 Å². The molecule has 0 N–H and O–H groups in total. The second-order valence-electron chi connectivity index (χ2n) is 3.02. The summed E-state index contributed by atoms with van der Waals surface area (Å²) in [4.78, 5) is 2.08. The van der Waals surface area contributed by atoms with E-state index in [-0.39, 0.29) is 0 Å². The van der Waals surface area contributed by atoms with Crippen molar-refractivity contribution in [2.45, 2.75) is 13.3 Å². The number of hydrogen-bond acceptors (Lipinski definition) is 1. The highest BCUT2D eigenvalue weighted by molar-refractivity contribution is 6.31. The molecule has 2 heteroatoms. The van der Waals surface area contributed by atoms with Crippen LogP contribution in [0.3, 0.4) is 0 Å². The molecule has 0 aliphatic rings. The molecule has 0 atom stereocenters. The predicted octanol–water partition coefficient (Wildman–Crippen LogP) is 2.97. The molecule has 0 radical (unpaired) electrons. The van der Waals surface area contributed by atoms with E-state index in [0.29, 0.717) is 0 Å². The first-order chi connectivity index (χ1) is 5.65. The van der Waals surface area contributed by atoms with E-state index in [1.54, 1.807) is 0 Å². The summed E-state index contributed by atoms with van der Waals surface area (Å²) >= 11 is 5.98. The van der Waals surface area contributed by atoms with Gasteiger partial charge in [0.15, 0.2) is 0 Å². The van der Waals surface area contributed by atoms with Crippen LogP contribution in [-0.4, -0.2) is 14.1 Å². The zero-order valence-electron chi connectivity index (χ0n) is 7.76. The lowest BCUT2D eigenvalue weighted by molar-refractivity contribution is 1.10. The van der Waals surface area contributed by atoms with Gasteiger partial charge in [-0.2, -0.15) is 0 Å². The Morgan fingerprint density at radius 2 is 2.00 bits per heavy atom. The van der Waals surface area contributed by atoms with Crippen LogP contribution in [0.4, 0.5) is 5.69 Å². The van der Waals surface area contributed by atoms with Crippen molar-refractivity contribution < 1.29 is 0 Å². The third-order valence-corrected chi connectivity index (χ3v) is 2.30. The minimum atomic E-state index is 0.864. The van der Waals surface area contributed by atoms with E-state index in [4.69, 9.17) is 11.6 Å². The highest BCUT2D eigenvalue weighted by Crippen LogP contribution is 2.22. The number of aryl methyl sites for hydroxylation is 1. The van der Waals surface area contributed by atoms with Gasteiger partial charge in [0.2, 0.25) is 0 Å². The lowest BCUT2D eigenvalue weighted by Crippen LogP contribution is -2.08. The van der Waals surface area contributed by atoms with Crippen LogP contribution in [0.5, 0.6) is 0 Å². The predicted molar refractivity (Wildman–Crippen MR) is 55.2 cm³/mol. The molecule has 0 aromatic heterocycles. The molecular weight excluding hydrogens is 170 g/mol. The van der Waals surface area contributed by atoms with Gasteiger partial charge < -0.3 is 4.90 Å². The van der Waals surface area contributed by atoms with E-state index in [0.717, 1.165) is 11.4 Å². The summed E-state index contributed by atoms with van der Waals surface area (Å²) < 4.78 is 0. The first kappa shape index (κ1) is 9.40. The quantitative estimate of drug-likeness (QED) is 0.682. The maximum atomic E-state index is 5.98. The van der Waals surface area contributed by atoms with Crippen molar-refractivity contribution in [2.75, 3.05) is 19.0 Å². The molecule has 0 amide bonds. The van der Waals surface area contributed by atoms with E-state index >= 15 is 0 Å². The highest BCUT2D eigenvalue weighted by atomic mass is 35.5. The van der Waals surface area contributed by atoms with Crippen LogP contribution in [0.25, 0.3) is 0 Å². The van der Waals surface area contributed by atoms with E-state index in [9.17, 15) is 0 Å². The van der Waals surface area contributed by atoms with Crippen LogP contribution in [0.2, 0.25) is 5.02 Å². The van der Waals surface area contributed by atoms with Crippen LogP contribution in [0.1, 0.15) is 12.5 Å². The van der Waals surface area contributed by atoms with Gasteiger partial charge in [-0.15, -0.1) is 0 Å². The molecule has 0 spiro atoms. The van der Waals surface area contributed by atoms with Crippen molar-refractivity contribution in [3.63, 3.8) is 0 Å². The second kappa shape index (κ2) is 3.81. The summed E-state index contributed by atoms with van der Waals surface area (Å²) in [6.45, 7) is 2.11. The lowest BCUT2D eigenvalue weighted by atomic mass is 10.1. The van der Waals surface area contributed by atoms with E-state index in [2.05, 4.69) is 17.9 Å². The fraction of sp³-hybridized carbons (Fsp3) is 0.400. The SMILES string of the molecule is CCc1cc(N(C)C)ccc1Cl. The van der Waals surface area contributed by atoms with Crippen LogP contribution in [-0.2, 0) is 6.42 Å². The Morgan fingerprint density at radius 3 is 2.50 bits per heavy atom. The maximum absolute atomic E-state index is 5.98. The number of benzene rings is 1. The first-order valence-electron chi connectivity index (χ1n) is 4.11. The van der Waals surface area contributed by atoms with Crippen LogP contribution < -0.4 is 4.90 Å². The summed E-state index contributed by atoms with van der Waals surface area (Å²) in [6, 6.07) is 6.11. The number of anilines is 1. The summed E-state index contributed by atoms with van der Waals surface area (Å²) in [6.07, 6.45) is 0.987. The highest BCUT2D eigenvalue weighted by Gasteiger charge is 2.00. The van der Waals surface area contributed by atoms with Gasteiger partial charge in [0, 0.05) is 24.8 Å². The third-order valence-electron chi connectivity index (χ3n) is 1.93. The van der Waals surface area contributed by atoms with Gasteiger partial charge in [0.1, 0.15) is 0 Å². The standard InChI is InChI=1S/C10H14ClN/c1-4-8-7-9(12(2)3)5-6-10(8)11/h5-7H,4H2,1-3H3.